The van der Waals surface area contributed by atoms with Crippen LogP contribution < -0.4 is 10.0 Å². The van der Waals surface area contributed by atoms with Crippen LogP contribution >= 0.6 is 0 Å². The SMILES string of the molecule is CC(C)NS(=O)(=O)c1cccc(C(=O)Nc2ccn(C)n2)c1. The van der Waals surface area contributed by atoms with Crippen LogP contribution in [-0.2, 0) is 17.1 Å². The molecule has 2 rings (SSSR count). The number of hydrogen-bond donors (Lipinski definition) is 2. The first-order valence-corrected chi connectivity index (χ1v) is 8.19. The molecule has 1 heterocycles. The average molecular weight is 322 g/mol. The first-order valence-electron chi connectivity index (χ1n) is 6.71. The molecule has 0 spiro atoms. The average Bonchev–Trinajstić information content (AvgIpc) is 2.83. The predicted octanol–water partition coefficient (Wildman–Crippen LogP) is 1.36. The van der Waals surface area contributed by atoms with Gasteiger partial charge in [0.2, 0.25) is 10.0 Å². The van der Waals surface area contributed by atoms with E-state index in [-0.39, 0.29) is 16.5 Å². The molecule has 2 N–H and O–H groups in total. The zero-order chi connectivity index (χ0) is 16.3. The minimum Gasteiger partial charge on any atom is -0.305 e. The van der Waals surface area contributed by atoms with Crippen LogP contribution in [0.25, 0.3) is 0 Å². The van der Waals surface area contributed by atoms with Crippen LogP contribution in [-0.4, -0.2) is 30.1 Å². The highest BCUT2D eigenvalue weighted by molar-refractivity contribution is 7.89. The number of nitrogens with one attached hydrogen (secondary N) is 2. The van der Waals surface area contributed by atoms with Gasteiger partial charge in [-0.3, -0.25) is 9.48 Å². The molecule has 1 aromatic carbocycles. The predicted molar refractivity (Wildman–Crippen MR) is 83.1 cm³/mol. The number of rotatable bonds is 5. The highest BCUT2D eigenvalue weighted by Gasteiger charge is 2.17. The van der Waals surface area contributed by atoms with E-state index in [0.29, 0.717) is 5.82 Å². The number of anilines is 1. The van der Waals surface area contributed by atoms with Crippen LogP contribution in [0.5, 0.6) is 0 Å². The highest BCUT2D eigenvalue weighted by Crippen LogP contribution is 2.13. The molecule has 0 fully saturated rings. The quantitative estimate of drug-likeness (QED) is 0.869. The van der Waals surface area contributed by atoms with E-state index in [1.807, 2.05) is 0 Å². The van der Waals surface area contributed by atoms with Gasteiger partial charge in [-0.2, -0.15) is 5.10 Å². The molecule has 1 amide bonds. The van der Waals surface area contributed by atoms with Crippen LogP contribution in [0.1, 0.15) is 24.2 Å². The minimum absolute atomic E-state index is 0.0508. The van der Waals surface area contributed by atoms with Gasteiger partial charge in [0.25, 0.3) is 5.91 Å². The Balaban J connectivity index is 2.22. The Morgan fingerprint density at radius 2 is 2.00 bits per heavy atom. The maximum atomic E-state index is 12.1. The lowest BCUT2D eigenvalue weighted by atomic mass is 10.2. The number of carbonyl (C=O) groups excluding carboxylic acids is 1. The molecule has 0 aliphatic rings. The molecule has 22 heavy (non-hydrogen) atoms. The lowest BCUT2D eigenvalue weighted by Crippen LogP contribution is -2.30. The molecule has 0 radical (unpaired) electrons. The first-order chi connectivity index (χ1) is 10.3. The molecule has 0 atom stereocenters. The van der Waals surface area contributed by atoms with Gasteiger partial charge in [0.1, 0.15) is 0 Å². The Hall–Kier alpha value is -2.19. The van der Waals surface area contributed by atoms with E-state index in [4.69, 9.17) is 0 Å². The van der Waals surface area contributed by atoms with Crippen LogP contribution in [0.3, 0.4) is 0 Å². The number of amides is 1. The van der Waals surface area contributed by atoms with Crippen molar-refractivity contribution in [3.63, 3.8) is 0 Å². The number of nitrogens with zero attached hydrogens (tertiary/aromatic N) is 2. The summed E-state index contributed by atoms with van der Waals surface area (Å²) in [6.07, 6.45) is 1.70. The molecule has 8 heteroatoms. The minimum atomic E-state index is -3.63. The summed E-state index contributed by atoms with van der Waals surface area (Å²) in [7, 11) is -1.90. The van der Waals surface area contributed by atoms with Gasteiger partial charge >= 0.3 is 0 Å². The number of sulfonamides is 1. The third-order valence-electron chi connectivity index (χ3n) is 2.75. The van der Waals surface area contributed by atoms with Crippen molar-refractivity contribution in [2.45, 2.75) is 24.8 Å². The molecular weight excluding hydrogens is 304 g/mol. The number of carbonyl (C=O) groups is 1. The van der Waals surface area contributed by atoms with Crippen molar-refractivity contribution in [3.05, 3.63) is 42.1 Å². The molecule has 7 nitrogen and oxygen atoms in total. The van der Waals surface area contributed by atoms with Crippen molar-refractivity contribution in [3.8, 4) is 0 Å². The second-order valence-electron chi connectivity index (χ2n) is 5.13. The summed E-state index contributed by atoms with van der Waals surface area (Å²) in [5.41, 5.74) is 0.247. The van der Waals surface area contributed by atoms with Gasteiger partial charge in [-0.05, 0) is 32.0 Å². The van der Waals surface area contributed by atoms with Crippen molar-refractivity contribution in [1.29, 1.82) is 0 Å². The van der Waals surface area contributed by atoms with Gasteiger partial charge in [0, 0.05) is 30.9 Å². The Morgan fingerprint density at radius 3 is 2.59 bits per heavy atom. The molecule has 2 aromatic rings. The smallest absolute Gasteiger partial charge is 0.256 e. The van der Waals surface area contributed by atoms with E-state index in [0.717, 1.165) is 0 Å². The largest absolute Gasteiger partial charge is 0.305 e. The van der Waals surface area contributed by atoms with E-state index in [9.17, 15) is 13.2 Å². The first kappa shape index (κ1) is 16.2. The second-order valence-corrected chi connectivity index (χ2v) is 6.85. The van der Waals surface area contributed by atoms with E-state index in [2.05, 4.69) is 15.1 Å². The molecule has 0 aliphatic carbocycles. The van der Waals surface area contributed by atoms with Crippen molar-refractivity contribution in [2.24, 2.45) is 7.05 Å². The summed E-state index contributed by atoms with van der Waals surface area (Å²) in [5, 5.41) is 6.65. The zero-order valence-corrected chi connectivity index (χ0v) is 13.4. The molecule has 0 saturated carbocycles. The molecule has 0 aliphatic heterocycles. The van der Waals surface area contributed by atoms with E-state index >= 15 is 0 Å². The number of benzene rings is 1. The Morgan fingerprint density at radius 1 is 1.27 bits per heavy atom. The van der Waals surface area contributed by atoms with E-state index < -0.39 is 15.9 Å². The summed E-state index contributed by atoms with van der Waals surface area (Å²) < 4.78 is 28.3. The summed E-state index contributed by atoms with van der Waals surface area (Å²) in [5.74, 6) is -0.0126. The molecular formula is C14H18N4O3S. The normalized spacial score (nSPS) is 11.6. The van der Waals surface area contributed by atoms with Crippen LogP contribution in [0.15, 0.2) is 41.4 Å². The standard InChI is InChI=1S/C14H18N4O3S/c1-10(2)17-22(20,21)12-6-4-5-11(9-12)14(19)15-13-7-8-18(3)16-13/h4-10,17H,1-3H3,(H,15,16,19). The summed E-state index contributed by atoms with van der Waals surface area (Å²) in [4.78, 5) is 12.2. The molecule has 0 unspecified atom stereocenters. The van der Waals surface area contributed by atoms with Crippen LogP contribution in [0.4, 0.5) is 5.82 Å². The topological polar surface area (TPSA) is 93.1 Å². The van der Waals surface area contributed by atoms with Gasteiger partial charge in [-0.15, -0.1) is 0 Å². The lowest BCUT2D eigenvalue weighted by molar-refractivity contribution is 0.102. The molecule has 118 valence electrons. The van der Waals surface area contributed by atoms with Crippen LogP contribution in [0.2, 0.25) is 0 Å². The van der Waals surface area contributed by atoms with E-state index in [1.165, 1.54) is 18.2 Å². The fourth-order valence-corrected chi connectivity index (χ4v) is 3.15. The van der Waals surface area contributed by atoms with Crippen molar-refractivity contribution < 1.29 is 13.2 Å². The van der Waals surface area contributed by atoms with Crippen LogP contribution in [0, 0.1) is 0 Å². The van der Waals surface area contributed by atoms with Crippen molar-refractivity contribution >= 4 is 21.7 Å². The monoisotopic (exact) mass is 322 g/mol. The van der Waals surface area contributed by atoms with Gasteiger partial charge in [-0.25, -0.2) is 13.1 Å². The van der Waals surface area contributed by atoms with Gasteiger partial charge < -0.3 is 5.32 Å². The van der Waals surface area contributed by atoms with Gasteiger partial charge in [0.05, 0.1) is 4.90 Å². The third-order valence-corrected chi connectivity index (χ3v) is 4.41. The molecule has 1 aromatic heterocycles. The molecule has 0 saturated heterocycles. The summed E-state index contributed by atoms with van der Waals surface area (Å²) >= 11 is 0. The number of hydrogen-bond acceptors (Lipinski definition) is 4. The Kier molecular flexibility index (Phi) is 4.62. The van der Waals surface area contributed by atoms with Gasteiger partial charge in [-0.1, -0.05) is 6.07 Å². The Labute approximate surface area is 129 Å². The lowest BCUT2D eigenvalue weighted by Gasteiger charge is -2.10. The maximum absolute atomic E-state index is 12.1. The van der Waals surface area contributed by atoms with Gasteiger partial charge in [0.15, 0.2) is 5.82 Å². The van der Waals surface area contributed by atoms with E-state index in [1.54, 1.807) is 43.9 Å². The summed E-state index contributed by atoms with van der Waals surface area (Å²) in [6.45, 7) is 3.46. The highest BCUT2D eigenvalue weighted by atomic mass is 32.2. The maximum Gasteiger partial charge on any atom is 0.256 e. The number of aryl methyl sites for hydroxylation is 1. The third kappa shape index (κ3) is 3.92. The number of aromatic nitrogens is 2. The summed E-state index contributed by atoms with van der Waals surface area (Å²) in [6, 6.07) is 7.29. The zero-order valence-electron chi connectivity index (χ0n) is 12.6. The Bertz CT molecular complexity index is 781. The fourth-order valence-electron chi connectivity index (χ4n) is 1.85. The van der Waals surface area contributed by atoms with Crippen molar-refractivity contribution in [2.75, 3.05) is 5.32 Å². The fraction of sp³-hybridized carbons (Fsp3) is 0.286. The second kappa shape index (κ2) is 6.29. The molecule has 0 bridgehead atoms. The van der Waals surface area contributed by atoms with Crippen molar-refractivity contribution in [1.82, 2.24) is 14.5 Å².